The van der Waals surface area contributed by atoms with Crippen LogP contribution < -0.4 is 0 Å². The number of benzene rings is 2. The summed E-state index contributed by atoms with van der Waals surface area (Å²) in [5.41, 5.74) is 1.70. The van der Waals surface area contributed by atoms with Crippen molar-refractivity contribution in [2.75, 3.05) is 0 Å². The average molecular weight is 316 g/mol. The summed E-state index contributed by atoms with van der Waals surface area (Å²) in [5, 5.41) is 12.2. The van der Waals surface area contributed by atoms with E-state index in [0.717, 1.165) is 23.0 Å². The molecule has 116 valence electrons. The third-order valence-electron chi connectivity index (χ3n) is 3.95. The van der Waals surface area contributed by atoms with E-state index in [1.54, 1.807) is 24.0 Å². The summed E-state index contributed by atoms with van der Waals surface area (Å²) in [6.07, 6.45) is -1.15. The lowest BCUT2D eigenvalue weighted by atomic mass is 9.98. The number of aromatic amines is 1. The summed E-state index contributed by atoms with van der Waals surface area (Å²) < 4.78 is 41.1. The smallest absolute Gasteiger partial charge is 0.278 e. The van der Waals surface area contributed by atoms with Crippen molar-refractivity contribution in [2.24, 2.45) is 7.05 Å². The first-order chi connectivity index (χ1) is 10.9. The predicted octanol–water partition coefficient (Wildman–Crippen LogP) is 4.14. The van der Waals surface area contributed by atoms with Gasteiger partial charge >= 0.3 is 6.18 Å². The normalized spacial score (nSPS) is 12.3. The van der Waals surface area contributed by atoms with Crippen molar-refractivity contribution in [3.05, 3.63) is 48.3 Å². The molecule has 0 saturated heterocycles. The molecule has 4 aromatic rings. The van der Waals surface area contributed by atoms with E-state index in [4.69, 9.17) is 0 Å². The fraction of sp³-hybridized carbons (Fsp3) is 0.125. The van der Waals surface area contributed by atoms with Crippen molar-refractivity contribution in [2.45, 2.75) is 6.18 Å². The Balaban J connectivity index is 2.02. The first-order valence-electron chi connectivity index (χ1n) is 6.90. The van der Waals surface area contributed by atoms with Gasteiger partial charge in [-0.25, -0.2) is 0 Å². The second-order valence-corrected chi connectivity index (χ2v) is 5.39. The molecule has 0 aliphatic rings. The van der Waals surface area contributed by atoms with Gasteiger partial charge in [0.2, 0.25) is 0 Å². The number of aromatic nitrogens is 4. The van der Waals surface area contributed by atoms with Gasteiger partial charge in [-0.05, 0) is 29.3 Å². The second kappa shape index (κ2) is 4.58. The highest BCUT2D eigenvalue weighted by Crippen LogP contribution is 2.37. The molecule has 0 aliphatic carbocycles. The molecule has 0 radical (unpaired) electrons. The van der Waals surface area contributed by atoms with E-state index in [2.05, 4.69) is 15.3 Å². The maximum atomic E-state index is 13.1. The molecule has 4 rings (SSSR count). The van der Waals surface area contributed by atoms with Crippen LogP contribution in [0.2, 0.25) is 0 Å². The van der Waals surface area contributed by atoms with Gasteiger partial charge in [0.05, 0.1) is 29.0 Å². The third-order valence-corrected chi connectivity index (χ3v) is 3.95. The van der Waals surface area contributed by atoms with Crippen LogP contribution in [0.25, 0.3) is 32.9 Å². The molecule has 0 aliphatic heterocycles. The molecule has 1 N–H and O–H groups in total. The molecule has 0 unspecified atom stereocenters. The highest BCUT2D eigenvalue weighted by atomic mass is 19.4. The van der Waals surface area contributed by atoms with E-state index < -0.39 is 11.7 Å². The van der Waals surface area contributed by atoms with Gasteiger partial charge in [0.15, 0.2) is 0 Å². The molecule has 0 atom stereocenters. The Hall–Kier alpha value is -2.83. The lowest BCUT2D eigenvalue weighted by Gasteiger charge is -2.11. The summed E-state index contributed by atoms with van der Waals surface area (Å²) in [6.45, 7) is 0. The fourth-order valence-electron chi connectivity index (χ4n) is 2.77. The van der Waals surface area contributed by atoms with Gasteiger partial charge in [0.25, 0.3) is 0 Å². The van der Waals surface area contributed by atoms with Crippen LogP contribution in [0.1, 0.15) is 5.56 Å². The zero-order valence-corrected chi connectivity index (χ0v) is 12.0. The van der Waals surface area contributed by atoms with Crippen LogP contribution in [0.3, 0.4) is 0 Å². The Labute approximate surface area is 128 Å². The molecular formula is C16H11F3N4. The maximum absolute atomic E-state index is 13.1. The molecule has 2 aromatic carbocycles. The number of hydrogen-bond acceptors (Lipinski definition) is 2. The van der Waals surface area contributed by atoms with Crippen LogP contribution in [-0.2, 0) is 13.2 Å². The van der Waals surface area contributed by atoms with Crippen molar-refractivity contribution in [1.82, 2.24) is 20.0 Å². The van der Waals surface area contributed by atoms with E-state index in [9.17, 15) is 13.2 Å². The number of alkyl halides is 3. The van der Waals surface area contributed by atoms with Crippen LogP contribution in [0.4, 0.5) is 13.2 Å². The summed E-state index contributed by atoms with van der Waals surface area (Å²) >= 11 is 0. The standard InChI is InChI=1S/C16H11F3N4/c1-23-15-4-9(2-3-10(15)7-21-23)12-5-11(16(17,18)19)6-14-13(12)8-20-22-14/h2-8H,1H3,(H,20,22). The lowest BCUT2D eigenvalue weighted by molar-refractivity contribution is -0.137. The molecule has 23 heavy (non-hydrogen) atoms. The van der Waals surface area contributed by atoms with Gasteiger partial charge in [-0.3, -0.25) is 9.78 Å². The largest absolute Gasteiger partial charge is 0.416 e. The van der Waals surface area contributed by atoms with Gasteiger partial charge < -0.3 is 0 Å². The number of nitrogens with one attached hydrogen (secondary N) is 1. The van der Waals surface area contributed by atoms with E-state index in [1.807, 2.05) is 12.1 Å². The van der Waals surface area contributed by atoms with Crippen LogP contribution in [0.5, 0.6) is 0 Å². The number of nitrogens with zero attached hydrogens (tertiary/aromatic N) is 3. The van der Waals surface area contributed by atoms with Crippen molar-refractivity contribution < 1.29 is 13.2 Å². The zero-order valence-electron chi connectivity index (χ0n) is 12.0. The van der Waals surface area contributed by atoms with E-state index in [-0.39, 0.29) is 0 Å². The summed E-state index contributed by atoms with van der Waals surface area (Å²) in [5.74, 6) is 0. The van der Waals surface area contributed by atoms with Crippen LogP contribution in [-0.4, -0.2) is 20.0 Å². The Morgan fingerprint density at radius 1 is 1.09 bits per heavy atom. The Morgan fingerprint density at radius 3 is 2.70 bits per heavy atom. The van der Waals surface area contributed by atoms with Gasteiger partial charge in [-0.1, -0.05) is 12.1 Å². The predicted molar refractivity (Wildman–Crippen MR) is 80.8 cm³/mol. The zero-order chi connectivity index (χ0) is 16.2. The van der Waals surface area contributed by atoms with Crippen LogP contribution >= 0.6 is 0 Å². The van der Waals surface area contributed by atoms with Gasteiger partial charge in [0, 0.05) is 17.8 Å². The van der Waals surface area contributed by atoms with Crippen molar-refractivity contribution >= 4 is 21.8 Å². The molecule has 4 nitrogen and oxygen atoms in total. The van der Waals surface area contributed by atoms with Crippen molar-refractivity contribution in [3.63, 3.8) is 0 Å². The quantitative estimate of drug-likeness (QED) is 0.574. The number of H-pyrrole nitrogens is 1. The minimum atomic E-state index is -4.41. The van der Waals surface area contributed by atoms with E-state index in [0.29, 0.717) is 22.0 Å². The minimum absolute atomic E-state index is 0.361. The fourth-order valence-corrected chi connectivity index (χ4v) is 2.77. The maximum Gasteiger partial charge on any atom is 0.416 e. The molecule has 0 saturated carbocycles. The molecule has 0 bridgehead atoms. The van der Waals surface area contributed by atoms with Crippen LogP contribution in [0, 0.1) is 0 Å². The first-order valence-corrected chi connectivity index (χ1v) is 6.90. The molecule has 0 spiro atoms. The second-order valence-electron chi connectivity index (χ2n) is 5.39. The van der Waals surface area contributed by atoms with Gasteiger partial charge in [0.1, 0.15) is 0 Å². The number of rotatable bonds is 1. The highest BCUT2D eigenvalue weighted by Gasteiger charge is 2.31. The van der Waals surface area contributed by atoms with Crippen LogP contribution in [0.15, 0.2) is 42.7 Å². The van der Waals surface area contributed by atoms with Crippen molar-refractivity contribution in [1.29, 1.82) is 0 Å². The summed E-state index contributed by atoms with van der Waals surface area (Å²) in [7, 11) is 1.80. The van der Waals surface area contributed by atoms with E-state index in [1.165, 1.54) is 6.20 Å². The number of halogens is 3. The average Bonchev–Trinajstić information content (AvgIpc) is 3.12. The summed E-state index contributed by atoms with van der Waals surface area (Å²) in [4.78, 5) is 0. The number of hydrogen-bond donors (Lipinski definition) is 1. The van der Waals surface area contributed by atoms with Gasteiger partial charge in [-0.15, -0.1) is 0 Å². The summed E-state index contributed by atoms with van der Waals surface area (Å²) in [6, 6.07) is 7.73. The Kier molecular flexibility index (Phi) is 2.75. The molecule has 2 aromatic heterocycles. The third kappa shape index (κ3) is 2.16. The van der Waals surface area contributed by atoms with Gasteiger partial charge in [-0.2, -0.15) is 23.4 Å². The topological polar surface area (TPSA) is 46.5 Å². The SMILES string of the molecule is Cn1ncc2ccc(-c3cc(C(F)(F)F)cc4[nH]ncc34)cc21. The molecule has 2 heterocycles. The monoisotopic (exact) mass is 316 g/mol. The lowest BCUT2D eigenvalue weighted by Crippen LogP contribution is -2.05. The molecular weight excluding hydrogens is 305 g/mol. The Bertz CT molecular complexity index is 1030. The molecule has 0 amide bonds. The first kappa shape index (κ1) is 13.8. The number of aryl methyl sites for hydroxylation is 1. The minimum Gasteiger partial charge on any atom is -0.278 e. The van der Waals surface area contributed by atoms with Crippen molar-refractivity contribution in [3.8, 4) is 11.1 Å². The molecule has 7 heteroatoms. The Morgan fingerprint density at radius 2 is 1.91 bits per heavy atom. The molecule has 0 fully saturated rings. The van der Waals surface area contributed by atoms with E-state index >= 15 is 0 Å². The number of fused-ring (bicyclic) bond motifs is 2. The highest BCUT2D eigenvalue weighted by molar-refractivity contribution is 5.97.